The normalized spacial score (nSPS) is 21.2. The number of alkyl halides is 3. The third-order valence-corrected chi connectivity index (χ3v) is 5.08. The average Bonchev–Trinajstić information content (AvgIpc) is 3.06. The van der Waals surface area contributed by atoms with Crippen LogP contribution in [0, 0.1) is 5.41 Å². The Morgan fingerprint density at radius 1 is 1.22 bits per heavy atom. The minimum Gasteiger partial charge on any atom is -0.481 e. The molecule has 1 aliphatic carbocycles. The first-order valence-corrected chi connectivity index (χ1v) is 8.52. The van der Waals surface area contributed by atoms with E-state index in [1.165, 1.54) is 0 Å². The fourth-order valence-corrected chi connectivity index (χ4v) is 3.87. The number of halogens is 3. The molecule has 9 heteroatoms. The molecule has 2 aliphatic rings. The standard InChI is InChI=1S/C18H19F3N2O4/c19-18(20,21)10-23-9-13(5-15(23)25)22-14(24)8-17(16(26)27)6-11-3-1-2-4-12(11)7-17/h1-4,13H,5-10H2,(H,22,24)(H,26,27). The van der Waals surface area contributed by atoms with Crippen LogP contribution in [-0.4, -0.2) is 53.1 Å². The molecule has 0 bridgehead atoms. The number of carbonyl (C=O) groups is 3. The Labute approximate surface area is 153 Å². The molecule has 1 aromatic carbocycles. The SMILES string of the molecule is O=C(CC1(C(=O)O)Cc2ccccc2C1)NC1CC(=O)N(CC(F)(F)F)C1. The summed E-state index contributed by atoms with van der Waals surface area (Å²) in [5.74, 6) is -2.34. The number of nitrogens with zero attached hydrogens (tertiary/aromatic N) is 1. The van der Waals surface area contributed by atoms with Crippen LogP contribution < -0.4 is 5.32 Å². The van der Waals surface area contributed by atoms with Crippen molar-refractivity contribution >= 4 is 17.8 Å². The van der Waals surface area contributed by atoms with E-state index < -0.39 is 42.0 Å². The third-order valence-electron chi connectivity index (χ3n) is 5.08. The topological polar surface area (TPSA) is 86.7 Å². The molecule has 1 saturated heterocycles. The van der Waals surface area contributed by atoms with Crippen molar-refractivity contribution in [3.63, 3.8) is 0 Å². The van der Waals surface area contributed by atoms with Gasteiger partial charge in [0, 0.05) is 19.4 Å². The van der Waals surface area contributed by atoms with E-state index in [4.69, 9.17) is 0 Å². The van der Waals surface area contributed by atoms with E-state index in [2.05, 4.69) is 5.32 Å². The molecule has 2 amide bonds. The van der Waals surface area contributed by atoms with Gasteiger partial charge in [-0.25, -0.2) is 0 Å². The minimum absolute atomic E-state index is 0.218. The highest BCUT2D eigenvalue weighted by Crippen LogP contribution is 2.40. The van der Waals surface area contributed by atoms with Crippen LogP contribution in [0.1, 0.15) is 24.0 Å². The molecule has 6 nitrogen and oxygen atoms in total. The van der Waals surface area contributed by atoms with Gasteiger partial charge in [-0.15, -0.1) is 0 Å². The molecule has 1 aliphatic heterocycles. The number of carboxylic acid groups (broad SMARTS) is 1. The summed E-state index contributed by atoms with van der Waals surface area (Å²) in [6, 6.07) is 6.50. The van der Waals surface area contributed by atoms with Crippen LogP contribution in [0.5, 0.6) is 0 Å². The van der Waals surface area contributed by atoms with Gasteiger partial charge in [0.25, 0.3) is 0 Å². The second kappa shape index (κ2) is 6.86. The first kappa shape index (κ1) is 19.2. The molecule has 1 fully saturated rings. The molecule has 2 N–H and O–H groups in total. The number of carbonyl (C=O) groups excluding carboxylic acids is 2. The van der Waals surface area contributed by atoms with Gasteiger partial charge in [0.15, 0.2) is 0 Å². The second-order valence-electron chi connectivity index (χ2n) is 7.24. The molecule has 0 aromatic heterocycles. The fourth-order valence-electron chi connectivity index (χ4n) is 3.87. The molecule has 1 atom stereocenters. The van der Waals surface area contributed by atoms with E-state index in [9.17, 15) is 32.7 Å². The number of hydrogen-bond donors (Lipinski definition) is 2. The van der Waals surface area contributed by atoms with Crippen molar-refractivity contribution in [3.8, 4) is 0 Å². The number of aliphatic carboxylic acids is 1. The zero-order valence-electron chi connectivity index (χ0n) is 14.4. The molecule has 3 rings (SSSR count). The molecule has 0 saturated carbocycles. The number of likely N-dealkylation sites (tertiary alicyclic amines) is 1. The van der Waals surface area contributed by atoms with Gasteiger partial charge in [-0.05, 0) is 24.0 Å². The number of fused-ring (bicyclic) bond motifs is 1. The lowest BCUT2D eigenvalue weighted by atomic mass is 9.81. The van der Waals surface area contributed by atoms with Crippen LogP contribution in [0.3, 0.4) is 0 Å². The summed E-state index contributed by atoms with van der Waals surface area (Å²) >= 11 is 0. The lowest BCUT2D eigenvalue weighted by Crippen LogP contribution is -2.43. The Kier molecular flexibility index (Phi) is 4.88. The third kappa shape index (κ3) is 4.23. The number of nitrogens with one attached hydrogen (secondary N) is 1. The van der Waals surface area contributed by atoms with E-state index in [-0.39, 0.29) is 32.2 Å². The Hall–Kier alpha value is -2.58. The smallest absolute Gasteiger partial charge is 0.406 e. The van der Waals surface area contributed by atoms with Crippen molar-refractivity contribution in [3.05, 3.63) is 35.4 Å². The maximum Gasteiger partial charge on any atom is 0.406 e. The van der Waals surface area contributed by atoms with E-state index >= 15 is 0 Å². The maximum atomic E-state index is 12.5. The predicted molar refractivity (Wildman–Crippen MR) is 87.7 cm³/mol. The van der Waals surface area contributed by atoms with Gasteiger partial charge in [0.1, 0.15) is 6.54 Å². The Balaban J connectivity index is 1.62. The summed E-state index contributed by atoms with van der Waals surface area (Å²) in [6.07, 6.45) is -4.58. The van der Waals surface area contributed by atoms with Crippen LogP contribution in [0.2, 0.25) is 0 Å². The van der Waals surface area contributed by atoms with Gasteiger partial charge in [-0.3, -0.25) is 14.4 Å². The van der Waals surface area contributed by atoms with Crippen molar-refractivity contribution in [2.75, 3.05) is 13.1 Å². The van der Waals surface area contributed by atoms with E-state index in [1.807, 2.05) is 12.1 Å². The first-order valence-electron chi connectivity index (χ1n) is 8.52. The van der Waals surface area contributed by atoms with Crippen LogP contribution >= 0.6 is 0 Å². The zero-order valence-corrected chi connectivity index (χ0v) is 14.4. The van der Waals surface area contributed by atoms with Crippen LogP contribution in [-0.2, 0) is 27.2 Å². The summed E-state index contributed by atoms with van der Waals surface area (Å²) < 4.78 is 37.4. The summed E-state index contributed by atoms with van der Waals surface area (Å²) in [4.78, 5) is 36.6. The van der Waals surface area contributed by atoms with Gasteiger partial charge in [-0.2, -0.15) is 13.2 Å². The van der Waals surface area contributed by atoms with E-state index in [0.717, 1.165) is 11.1 Å². The minimum atomic E-state index is -4.50. The summed E-state index contributed by atoms with van der Waals surface area (Å²) in [6.45, 7) is -1.59. The maximum absolute atomic E-state index is 12.5. The molecule has 1 unspecified atom stereocenters. The Morgan fingerprint density at radius 2 is 1.81 bits per heavy atom. The molecule has 146 valence electrons. The summed E-state index contributed by atoms with van der Waals surface area (Å²) in [5, 5.41) is 12.2. The van der Waals surface area contributed by atoms with Gasteiger partial charge < -0.3 is 15.3 Å². The lowest BCUT2D eigenvalue weighted by molar-refractivity contribution is -0.157. The number of benzene rings is 1. The van der Waals surface area contributed by atoms with Crippen LogP contribution in [0.25, 0.3) is 0 Å². The van der Waals surface area contributed by atoms with E-state index in [0.29, 0.717) is 4.90 Å². The average molecular weight is 384 g/mol. The Morgan fingerprint density at radius 3 is 2.33 bits per heavy atom. The number of carboxylic acids is 1. The van der Waals surface area contributed by atoms with Gasteiger partial charge in [-0.1, -0.05) is 24.3 Å². The molecular weight excluding hydrogens is 365 g/mol. The second-order valence-corrected chi connectivity index (χ2v) is 7.24. The molecule has 27 heavy (non-hydrogen) atoms. The highest BCUT2D eigenvalue weighted by molar-refractivity contribution is 5.87. The quantitative estimate of drug-likeness (QED) is 0.806. The van der Waals surface area contributed by atoms with Crippen molar-refractivity contribution < 1.29 is 32.7 Å². The molecule has 1 heterocycles. The predicted octanol–water partition coefficient (Wildman–Crippen LogP) is 1.53. The zero-order chi connectivity index (χ0) is 19.8. The van der Waals surface area contributed by atoms with Crippen LogP contribution in [0.15, 0.2) is 24.3 Å². The largest absolute Gasteiger partial charge is 0.481 e. The monoisotopic (exact) mass is 384 g/mol. The van der Waals surface area contributed by atoms with Crippen molar-refractivity contribution in [1.82, 2.24) is 10.2 Å². The molecule has 1 aromatic rings. The lowest BCUT2D eigenvalue weighted by Gasteiger charge is -2.24. The van der Waals surface area contributed by atoms with Gasteiger partial charge >= 0.3 is 12.1 Å². The van der Waals surface area contributed by atoms with Crippen LogP contribution in [0.4, 0.5) is 13.2 Å². The highest BCUT2D eigenvalue weighted by Gasteiger charge is 2.46. The highest BCUT2D eigenvalue weighted by atomic mass is 19.4. The number of amides is 2. The Bertz CT molecular complexity index is 753. The number of hydrogen-bond acceptors (Lipinski definition) is 3. The van der Waals surface area contributed by atoms with Crippen molar-refractivity contribution in [1.29, 1.82) is 0 Å². The summed E-state index contributed by atoms with van der Waals surface area (Å²) in [7, 11) is 0. The fraction of sp³-hybridized carbons (Fsp3) is 0.500. The van der Waals surface area contributed by atoms with Gasteiger partial charge in [0.05, 0.1) is 11.5 Å². The van der Waals surface area contributed by atoms with Crippen molar-refractivity contribution in [2.45, 2.75) is 37.9 Å². The molecular formula is C18H19F3N2O4. The summed E-state index contributed by atoms with van der Waals surface area (Å²) in [5.41, 5.74) is 0.474. The molecule has 0 radical (unpaired) electrons. The molecule has 0 spiro atoms. The van der Waals surface area contributed by atoms with E-state index in [1.54, 1.807) is 12.1 Å². The van der Waals surface area contributed by atoms with Crippen molar-refractivity contribution in [2.24, 2.45) is 5.41 Å². The van der Waals surface area contributed by atoms with Gasteiger partial charge in [0.2, 0.25) is 11.8 Å². The number of rotatable bonds is 5. The first-order chi connectivity index (χ1) is 12.6.